The van der Waals surface area contributed by atoms with E-state index in [1.165, 1.54) is 0 Å². The van der Waals surface area contributed by atoms with Crippen LogP contribution in [-0.4, -0.2) is 9.55 Å². The number of nitrogens with two attached hydrogens (primary N) is 1. The molecule has 2 aromatic rings. The minimum Gasteiger partial charge on any atom is -0.369 e. The smallest absolute Gasteiger partial charge is 0.201 e. The van der Waals surface area contributed by atoms with Gasteiger partial charge in [0.15, 0.2) is 0 Å². The lowest BCUT2D eigenvalue weighted by molar-refractivity contribution is 0.439. The molecule has 0 saturated carbocycles. The molecule has 1 heterocycles. The summed E-state index contributed by atoms with van der Waals surface area (Å²) in [5.41, 5.74) is 8.42. The molecule has 1 aromatic carbocycles. The van der Waals surface area contributed by atoms with E-state index in [0.717, 1.165) is 17.5 Å². The monoisotopic (exact) mass is 242 g/mol. The Kier molecular flexibility index (Phi) is 3.24. The molecule has 0 aliphatic heterocycles. The molecule has 2 N–H and O–H groups in total. The maximum Gasteiger partial charge on any atom is 0.201 e. The van der Waals surface area contributed by atoms with E-state index in [1.54, 1.807) is 6.07 Å². The van der Waals surface area contributed by atoms with E-state index in [0.29, 0.717) is 17.4 Å². The molecular formula is C14H18N4. The maximum absolute atomic E-state index is 8.97. The van der Waals surface area contributed by atoms with Crippen LogP contribution in [0.4, 0.5) is 5.95 Å². The zero-order valence-electron chi connectivity index (χ0n) is 11.0. The highest BCUT2D eigenvalue weighted by molar-refractivity contribution is 5.80. The molecule has 1 atom stereocenters. The highest BCUT2D eigenvalue weighted by Crippen LogP contribution is 2.27. The first kappa shape index (κ1) is 12.4. The van der Waals surface area contributed by atoms with Gasteiger partial charge in [-0.3, -0.25) is 0 Å². The molecule has 0 radical (unpaired) electrons. The van der Waals surface area contributed by atoms with Crippen LogP contribution in [0.25, 0.3) is 11.0 Å². The van der Waals surface area contributed by atoms with Gasteiger partial charge >= 0.3 is 0 Å². The van der Waals surface area contributed by atoms with Crippen LogP contribution in [-0.2, 0) is 0 Å². The van der Waals surface area contributed by atoms with Gasteiger partial charge in [-0.25, -0.2) is 4.98 Å². The molecule has 0 amide bonds. The summed E-state index contributed by atoms with van der Waals surface area (Å²) in [5, 5.41) is 8.97. The van der Waals surface area contributed by atoms with E-state index in [4.69, 9.17) is 11.0 Å². The standard InChI is InChI=1S/C14H18N4/c1-9(2)6-10(3)18-13-7-11(8-15)4-5-12(13)17-14(18)16/h4-5,7,9-10H,6H2,1-3H3,(H2,16,17). The summed E-state index contributed by atoms with van der Waals surface area (Å²) < 4.78 is 2.02. The van der Waals surface area contributed by atoms with Crippen LogP contribution in [0.2, 0.25) is 0 Å². The lowest BCUT2D eigenvalue weighted by Gasteiger charge is -2.18. The van der Waals surface area contributed by atoms with Crippen molar-refractivity contribution in [3.8, 4) is 6.07 Å². The number of nitrogen functional groups attached to an aromatic ring is 1. The molecule has 94 valence electrons. The zero-order valence-corrected chi connectivity index (χ0v) is 11.0. The SMILES string of the molecule is CC(C)CC(C)n1c(N)nc2ccc(C#N)cc21. The highest BCUT2D eigenvalue weighted by atomic mass is 15.2. The molecule has 0 saturated heterocycles. The lowest BCUT2D eigenvalue weighted by Crippen LogP contribution is -2.11. The van der Waals surface area contributed by atoms with Crippen LogP contribution in [0.1, 0.15) is 38.8 Å². The minimum absolute atomic E-state index is 0.281. The van der Waals surface area contributed by atoms with Crippen molar-refractivity contribution in [1.82, 2.24) is 9.55 Å². The number of anilines is 1. The second-order valence-corrected chi connectivity index (χ2v) is 5.13. The molecule has 0 aliphatic carbocycles. The van der Waals surface area contributed by atoms with Crippen molar-refractivity contribution >= 4 is 17.0 Å². The van der Waals surface area contributed by atoms with Gasteiger partial charge in [-0.15, -0.1) is 0 Å². The predicted molar refractivity (Wildman–Crippen MR) is 73.0 cm³/mol. The third kappa shape index (κ3) is 2.17. The van der Waals surface area contributed by atoms with Gasteiger partial charge in [-0.2, -0.15) is 5.26 Å². The molecule has 18 heavy (non-hydrogen) atoms. The minimum atomic E-state index is 0.281. The normalized spacial score (nSPS) is 12.8. The van der Waals surface area contributed by atoms with Crippen molar-refractivity contribution in [1.29, 1.82) is 5.26 Å². The Bertz CT molecular complexity index is 604. The van der Waals surface area contributed by atoms with Gasteiger partial charge in [-0.1, -0.05) is 13.8 Å². The number of imidazole rings is 1. The Hall–Kier alpha value is -2.02. The summed E-state index contributed by atoms with van der Waals surface area (Å²) in [5.74, 6) is 1.12. The molecule has 1 unspecified atom stereocenters. The summed E-state index contributed by atoms with van der Waals surface area (Å²) >= 11 is 0. The average molecular weight is 242 g/mol. The van der Waals surface area contributed by atoms with E-state index in [-0.39, 0.29) is 6.04 Å². The van der Waals surface area contributed by atoms with E-state index in [2.05, 4.69) is 31.8 Å². The maximum atomic E-state index is 8.97. The predicted octanol–water partition coefficient (Wildman–Crippen LogP) is 3.10. The fraction of sp³-hybridized carbons (Fsp3) is 0.429. The Balaban J connectivity index is 2.55. The second kappa shape index (κ2) is 4.69. The van der Waals surface area contributed by atoms with Crippen molar-refractivity contribution in [3.63, 3.8) is 0 Å². The molecule has 0 aliphatic rings. The summed E-state index contributed by atoms with van der Waals surface area (Å²) in [6.07, 6.45) is 1.03. The molecule has 0 fully saturated rings. The largest absolute Gasteiger partial charge is 0.369 e. The fourth-order valence-electron chi connectivity index (χ4n) is 2.43. The Labute approximate surface area is 107 Å². The number of fused-ring (bicyclic) bond motifs is 1. The fourth-order valence-corrected chi connectivity index (χ4v) is 2.43. The number of hydrogen-bond acceptors (Lipinski definition) is 3. The quantitative estimate of drug-likeness (QED) is 0.899. The third-order valence-electron chi connectivity index (χ3n) is 3.10. The van der Waals surface area contributed by atoms with Crippen LogP contribution < -0.4 is 5.73 Å². The molecular weight excluding hydrogens is 224 g/mol. The lowest BCUT2D eigenvalue weighted by atomic mass is 10.0. The Morgan fingerprint density at radius 3 is 2.72 bits per heavy atom. The van der Waals surface area contributed by atoms with Crippen LogP contribution in [0.5, 0.6) is 0 Å². The van der Waals surface area contributed by atoms with Gasteiger partial charge in [0.2, 0.25) is 5.95 Å². The Morgan fingerprint density at radius 1 is 1.39 bits per heavy atom. The van der Waals surface area contributed by atoms with Gasteiger partial charge in [0.25, 0.3) is 0 Å². The van der Waals surface area contributed by atoms with Gasteiger partial charge in [0.1, 0.15) is 0 Å². The molecule has 1 aromatic heterocycles. The van der Waals surface area contributed by atoms with Crippen LogP contribution >= 0.6 is 0 Å². The number of nitriles is 1. The molecule has 4 nitrogen and oxygen atoms in total. The van der Waals surface area contributed by atoms with E-state index in [1.807, 2.05) is 16.7 Å². The average Bonchev–Trinajstić information content (AvgIpc) is 2.62. The van der Waals surface area contributed by atoms with Crippen LogP contribution in [0, 0.1) is 17.2 Å². The van der Waals surface area contributed by atoms with E-state index < -0.39 is 0 Å². The van der Waals surface area contributed by atoms with Crippen molar-refractivity contribution in [2.45, 2.75) is 33.2 Å². The van der Waals surface area contributed by atoms with Crippen molar-refractivity contribution in [3.05, 3.63) is 23.8 Å². The van der Waals surface area contributed by atoms with E-state index >= 15 is 0 Å². The number of benzene rings is 1. The van der Waals surface area contributed by atoms with Gasteiger partial charge in [-0.05, 0) is 37.5 Å². The van der Waals surface area contributed by atoms with Crippen LogP contribution in [0.15, 0.2) is 18.2 Å². The first-order valence-corrected chi connectivity index (χ1v) is 6.20. The number of rotatable bonds is 3. The summed E-state index contributed by atoms with van der Waals surface area (Å²) in [4.78, 5) is 4.35. The molecule has 4 heteroatoms. The van der Waals surface area contributed by atoms with Gasteiger partial charge < -0.3 is 10.3 Å². The van der Waals surface area contributed by atoms with Crippen molar-refractivity contribution < 1.29 is 0 Å². The second-order valence-electron chi connectivity index (χ2n) is 5.13. The number of nitrogens with zero attached hydrogens (tertiary/aromatic N) is 3. The van der Waals surface area contributed by atoms with E-state index in [9.17, 15) is 0 Å². The zero-order chi connectivity index (χ0) is 13.3. The molecule has 0 spiro atoms. The molecule has 0 bridgehead atoms. The number of aromatic nitrogens is 2. The van der Waals surface area contributed by atoms with Crippen molar-refractivity contribution in [2.75, 3.05) is 5.73 Å². The van der Waals surface area contributed by atoms with Gasteiger partial charge in [0, 0.05) is 6.04 Å². The Morgan fingerprint density at radius 2 is 2.11 bits per heavy atom. The third-order valence-corrected chi connectivity index (χ3v) is 3.10. The highest BCUT2D eigenvalue weighted by Gasteiger charge is 2.15. The van der Waals surface area contributed by atoms with Crippen LogP contribution in [0.3, 0.4) is 0 Å². The number of hydrogen-bond donors (Lipinski definition) is 1. The summed E-state index contributed by atoms with van der Waals surface area (Å²) in [6.45, 7) is 6.51. The van der Waals surface area contributed by atoms with Crippen molar-refractivity contribution in [2.24, 2.45) is 5.92 Å². The first-order valence-electron chi connectivity index (χ1n) is 6.20. The van der Waals surface area contributed by atoms with Gasteiger partial charge in [0.05, 0.1) is 22.7 Å². The first-order chi connectivity index (χ1) is 8.52. The summed E-state index contributed by atoms with van der Waals surface area (Å²) in [6, 6.07) is 7.91. The topological polar surface area (TPSA) is 67.6 Å². The molecule has 2 rings (SSSR count). The summed E-state index contributed by atoms with van der Waals surface area (Å²) in [7, 11) is 0.